The first kappa shape index (κ1) is 21.8. The van der Waals surface area contributed by atoms with Crippen molar-refractivity contribution in [3.05, 3.63) is 70.7 Å². The number of anilines is 1. The number of alkyl halides is 3. The number of thiazole rings is 1. The first-order valence-corrected chi connectivity index (χ1v) is 10.6. The highest BCUT2D eigenvalue weighted by Gasteiger charge is 2.30. The molecule has 10 heteroatoms. The van der Waals surface area contributed by atoms with Crippen LogP contribution in [0.2, 0.25) is 0 Å². The molecule has 0 aliphatic carbocycles. The average Bonchev–Trinajstić information content (AvgIpc) is 3.41. The van der Waals surface area contributed by atoms with E-state index in [0.717, 1.165) is 17.7 Å². The van der Waals surface area contributed by atoms with Crippen molar-refractivity contribution < 1.29 is 27.5 Å². The van der Waals surface area contributed by atoms with Gasteiger partial charge in [-0.2, -0.15) is 13.2 Å². The highest BCUT2D eigenvalue weighted by Crippen LogP contribution is 2.31. The number of benzene rings is 2. The Bertz CT molecular complexity index is 1130. The van der Waals surface area contributed by atoms with E-state index >= 15 is 0 Å². The minimum Gasteiger partial charge on any atom is -0.447 e. The Balaban J connectivity index is 1.33. The number of rotatable bonds is 6. The van der Waals surface area contributed by atoms with Gasteiger partial charge in [0, 0.05) is 23.2 Å². The van der Waals surface area contributed by atoms with Gasteiger partial charge in [0.1, 0.15) is 11.6 Å². The Hall–Kier alpha value is -3.40. The number of ether oxygens (including phenoxy) is 1. The summed E-state index contributed by atoms with van der Waals surface area (Å²) in [5, 5.41) is 5.08. The van der Waals surface area contributed by atoms with Crippen molar-refractivity contribution in [2.45, 2.75) is 19.1 Å². The summed E-state index contributed by atoms with van der Waals surface area (Å²) in [5.41, 5.74) is 1.92. The normalized spacial score (nSPS) is 13.8. The van der Waals surface area contributed by atoms with E-state index in [9.17, 15) is 22.8 Å². The van der Waals surface area contributed by atoms with Crippen LogP contribution >= 0.6 is 11.3 Å². The predicted octanol–water partition coefficient (Wildman–Crippen LogP) is 4.64. The van der Waals surface area contributed by atoms with Gasteiger partial charge in [0.05, 0.1) is 24.2 Å². The smallest absolute Gasteiger partial charge is 0.416 e. The van der Waals surface area contributed by atoms with Crippen molar-refractivity contribution in [3.8, 4) is 10.6 Å². The van der Waals surface area contributed by atoms with Gasteiger partial charge in [0.25, 0.3) is 0 Å². The number of aromatic nitrogens is 1. The molecule has 1 N–H and O–H groups in total. The van der Waals surface area contributed by atoms with Gasteiger partial charge in [-0.15, -0.1) is 11.3 Å². The van der Waals surface area contributed by atoms with Gasteiger partial charge in [-0.05, 0) is 29.8 Å². The van der Waals surface area contributed by atoms with E-state index in [-0.39, 0.29) is 18.9 Å². The van der Waals surface area contributed by atoms with Crippen molar-refractivity contribution in [2.75, 3.05) is 18.1 Å². The third kappa shape index (κ3) is 5.08. The molecule has 166 valence electrons. The summed E-state index contributed by atoms with van der Waals surface area (Å²) in [7, 11) is 0. The fourth-order valence-corrected chi connectivity index (χ4v) is 4.04. The molecule has 3 aromatic rings. The lowest BCUT2D eigenvalue weighted by atomic mass is 10.1. The number of carbonyl (C=O) groups is 2. The summed E-state index contributed by atoms with van der Waals surface area (Å²) in [6, 6.07) is 12.0. The summed E-state index contributed by atoms with van der Waals surface area (Å²) in [6.45, 7) is 1.12. The van der Waals surface area contributed by atoms with Gasteiger partial charge in [-0.25, -0.2) is 9.78 Å². The summed E-state index contributed by atoms with van der Waals surface area (Å²) in [5.74, 6) is -0.236. The lowest BCUT2D eigenvalue weighted by Gasteiger charge is -2.14. The van der Waals surface area contributed by atoms with Crippen LogP contribution in [0.3, 0.4) is 0 Å². The molecule has 2 amide bonds. The monoisotopic (exact) mass is 461 g/mol. The van der Waals surface area contributed by atoms with Crippen LogP contribution in [0.5, 0.6) is 0 Å². The quantitative estimate of drug-likeness (QED) is 0.580. The fourth-order valence-electron chi connectivity index (χ4n) is 3.21. The van der Waals surface area contributed by atoms with Crippen molar-refractivity contribution >= 4 is 29.0 Å². The maximum Gasteiger partial charge on any atom is 0.416 e. The maximum atomic E-state index is 12.7. The van der Waals surface area contributed by atoms with E-state index in [4.69, 9.17) is 4.74 Å². The molecule has 0 spiro atoms. The molecule has 1 aliphatic rings. The summed E-state index contributed by atoms with van der Waals surface area (Å²) in [6.07, 6.45) is -4.73. The van der Waals surface area contributed by atoms with E-state index < -0.39 is 17.8 Å². The summed E-state index contributed by atoms with van der Waals surface area (Å²) in [4.78, 5) is 29.9. The minimum atomic E-state index is -4.39. The number of nitrogens with zero attached hydrogens (tertiary/aromatic N) is 2. The molecule has 2 aromatic carbocycles. The minimum absolute atomic E-state index is 0.0509. The van der Waals surface area contributed by atoms with E-state index in [2.05, 4.69) is 10.3 Å². The van der Waals surface area contributed by atoms with Gasteiger partial charge in [-0.1, -0.05) is 24.3 Å². The Labute approximate surface area is 185 Å². The molecular weight excluding hydrogens is 443 g/mol. The van der Waals surface area contributed by atoms with Crippen molar-refractivity contribution in [2.24, 2.45) is 0 Å². The molecule has 1 aromatic heterocycles. The predicted molar refractivity (Wildman–Crippen MR) is 113 cm³/mol. The average molecular weight is 461 g/mol. The molecule has 0 atom stereocenters. The topological polar surface area (TPSA) is 71.5 Å². The van der Waals surface area contributed by atoms with Gasteiger partial charge < -0.3 is 10.1 Å². The number of nitrogens with one attached hydrogen (secondary N) is 1. The SMILES string of the molecule is O=C(Cc1csc(-c2ccc(C(F)(F)F)cc2)n1)NCc1cccc(N2CCOC2=O)c1. The van der Waals surface area contributed by atoms with Gasteiger partial charge in [-0.3, -0.25) is 9.69 Å². The van der Waals surface area contributed by atoms with Gasteiger partial charge >= 0.3 is 12.3 Å². The zero-order valence-electron chi connectivity index (χ0n) is 16.7. The lowest BCUT2D eigenvalue weighted by molar-refractivity contribution is -0.137. The number of amides is 2. The zero-order chi connectivity index (χ0) is 22.7. The Morgan fingerprint density at radius 2 is 1.97 bits per heavy atom. The van der Waals surface area contributed by atoms with E-state index in [0.29, 0.717) is 35.1 Å². The molecule has 0 saturated carbocycles. The first-order valence-electron chi connectivity index (χ1n) is 9.71. The lowest BCUT2D eigenvalue weighted by Crippen LogP contribution is -2.25. The molecule has 1 saturated heterocycles. The number of cyclic esters (lactones) is 1. The third-order valence-electron chi connectivity index (χ3n) is 4.83. The van der Waals surface area contributed by atoms with Crippen LogP contribution in [0.15, 0.2) is 53.9 Å². The first-order chi connectivity index (χ1) is 15.3. The molecule has 0 bridgehead atoms. The van der Waals surface area contributed by atoms with Crippen LogP contribution in [0.25, 0.3) is 10.6 Å². The van der Waals surface area contributed by atoms with Crippen LogP contribution in [0.4, 0.5) is 23.7 Å². The molecule has 4 rings (SSSR count). The molecule has 32 heavy (non-hydrogen) atoms. The molecule has 1 aliphatic heterocycles. The third-order valence-corrected chi connectivity index (χ3v) is 5.77. The summed E-state index contributed by atoms with van der Waals surface area (Å²) < 4.78 is 43.0. The molecule has 1 fully saturated rings. The number of carbonyl (C=O) groups excluding carboxylic acids is 2. The highest BCUT2D eigenvalue weighted by molar-refractivity contribution is 7.13. The fraction of sp³-hybridized carbons (Fsp3) is 0.227. The van der Waals surface area contributed by atoms with Gasteiger partial charge in [0.15, 0.2) is 0 Å². The van der Waals surface area contributed by atoms with Crippen LogP contribution < -0.4 is 10.2 Å². The van der Waals surface area contributed by atoms with E-state index in [1.54, 1.807) is 17.5 Å². The number of hydrogen-bond donors (Lipinski definition) is 1. The molecule has 6 nitrogen and oxygen atoms in total. The van der Waals surface area contributed by atoms with E-state index in [1.165, 1.54) is 28.4 Å². The molecule has 0 unspecified atom stereocenters. The maximum absolute atomic E-state index is 12.7. The van der Waals surface area contributed by atoms with Crippen molar-refractivity contribution in [3.63, 3.8) is 0 Å². The number of hydrogen-bond acceptors (Lipinski definition) is 5. The molecule has 0 radical (unpaired) electrons. The second-order valence-corrected chi connectivity index (χ2v) is 7.97. The largest absolute Gasteiger partial charge is 0.447 e. The van der Waals surface area contributed by atoms with Crippen LogP contribution in [-0.2, 0) is 28.7 Å². The van der Waals surface area contributed by atoms with Crippen LogP contribution in [-0.4, -0.2) is 30.1 Å². The number of halogens is 3. The van der Waals surface area contributed by atoms with Gasteiger partial charge in [0.2, 0.25) is 5.91 Å². The second-order valence-electron chi connectivity index (χ2n) is 7.11. The molecule has 2 heterocycles. The zero-order valence-corrected chi connectivity index (χ0v) is 17.5. The Morgan fingerprint density at radius 1 is 1.19 bits per heavy atom. The second kappa shape index (κ2) is 8.99. The van der Waals surface area contributed by atoms with Crippen molar-refractivity contribution in [1.82, 2.24) is 10.3 Å². The van der Waals surface area contributed by atoms with Crippen molar-refractivity contribution in [1.29, 1.82) is 0 Å². The Morgan fingerprint density at radius 3 is 2.66 bits per heavy atom. The molecular formula is C22H18F3N3O3S. The van der Waals surface area contributed by atoms with Crippen LogP contribution in [0.1, 0.15) is 16.8 Å². The standard InChI is InChI=1S/C22H18F3N3O3S/c23-22(24,25)16-6-4-15(5-7-16)20-27-17(13-32-20)11-19(29)26-12-14-2-1-3-18(10-14)28-8-9-31-21(28)30/h1-7,10,13H,8-9,11-12H2,(H,26,29). The summed E-state index contributed by atoms with van der Waals surface area (Å²) >= 11 is 1.27. The Kier molecular flexibility index (Phi) is 6.13. The van der Waals surface area contributed by atoms with E-state index in [1.807, 2.05) is 12.1 Å². The highest BCUT2D eigenvalue weighted by atomic mass is 32.1. The van der Waals surface area contributed by atoms with Crippen LogP contribution in [0, 0.1) is 0 Å².